The van der Waals surface area contributed by atoms with Gasteiger partial charge in [0.25, 0.3) is 10.1 Å². The Labute approximate surface area is 554 Å². The highest BCUT2D eigenvalue weighted by Gasteiger charge is 2.61. The molecule has 2 unspecified atom stereocenters. The molecule has 23 N–H and O–H groups in total. The highest BCUT2D eigenvalue weighted by Crippen LogP contribution is 2.41. The average molecular weight is 1450 g/mol. The number of rotatable bonds is 11. The zero-order valence-corrected chi connectivity index (χ0v) is 52.3. The van der Waals surface area contributed by atoms with Gasteiger partial charge in [-0.15, -0.1) is 0 Å². The van der Waals surface area contributed by atoms with E-state index in [1.807, 2.05) is 0 Å². The number of hydrogen-bond acceptors (Lipinski definition) is 42. The molecule has 1 aromatic carbocycles. The number of ether oxygens (including phenoxy) is 16. The Hall–Kier alpha value is -2.43. The lowest BCUT2D eigenvalue weighted by molar-refractivity contribution is -0.403. The largest absolute Gasteiger partial charge is 0.394 e. The molecule has 21 heterocycles. The number of aliphatic hydroxyl groups is 23. The molecule has 0 saturated carbocycles. The van der Waals surface area contributed by atoms with E-state index in [0.717, 1.165) is 12.1 Å². The highest BCUT2D eigenvalue weighted by molar-refractivity contribution is 7.86. The molecule has 42 nitrogen and oxygen atoms in total. The van der Waals surface area contributed by atoms with E-state index in [0.29, 0.717) is 5.56 Å². The van der Waals surface area contributed by atoms with E-state index in [2.05, 4.69) is 0 Å². The fourth-order valence-corrected chi connectivity index (χ4v) is 14.0. The molecular formula is C55H86O42S. The van der Waals surface area contributed by atoms with Gasteiger partial charge in [0.05, 0.1) is 57.8 Å². The van der Waals surface area contributed by atoms with Crippen molar-refractivity contribution in [1.29, 1.82) is 0 Å². The van der Waals surface area contributed by atoms with Crippen LogP contribution >= 0.6 is 0 Å². The van der Waals surface area contributed by atoms with Gasteiger partial charge in [-0.1, -0.05) is 17.7 Å². The molecule has 43 heteroatoms. The summed E-state index contributed by atoms with van der Waals surface area (Å²) in [5, 5.41) is 258. The van der Waals surface area contributed by atoms with E-state index in [1.165, 1.54) is 12.1 Å². The highest BCUT2D eigenvalue weighted by atomic mass is 32.2. The number of hydrogen-bond donors (Lipinski definition) is 23. The third-order valence-electron chi connectivity index (χ3n) is 18.4. The number of benzene rings is 1. The van der Waals surface area contributed by atoms with Crippen molar-refractivity contribution in [2.75, 3.05) is 52.9 Å². The average Bonchev–Trinajstić information content (AvgIpc) is 0.775. The lowest BCUT2D eigenvalue weighted by atomic mass is 9.94. The first kappa shape index (κ1) is 78.2. The Balaban J connectivity index is 0.950. The Kier molecular flexibility index (Phi) is 26.3. The van der Waals surface area contributed by atoms with Crippen LogP contribution in [0.5, 0.6) is 0 Å². The summed E-state index contributed by atoms with van der Waals surface area (Å²) in [4.78, 5) is -0.529. The van der Waals surface area contributed by atoms with Gasteiger partial charge >= 0.3 is 0 Å². The Morgan fingerprint density at radius 1 is 0.265 bits per heavy atom. The van der Waals surface area contributed by atoms with Gasteiger partial charge in [0.15, 0.2) is 56.4 Å². The van der Waals surface area contributed by atoms with Crippen LogP contribution in [0.25, 0.3) is 0 Å². The summed E-state index contributed by atoms with van der Waals surface area (Å²) < 4.78 is 126. The van der Waals surface area contributed by atoms with Gasteiger partial charge in [-0.3, -0.25) is 4.18 Å². The quantitative estimate of drug-likeness (QED) is 0.0915. The molecule has 0 aliphatic carbocycles. The van der Waals surface area contributed by atoms with Crippen molar-refractivity contribution < 1.29 is 206 Å². The molecule has 98 heavy (non-hydrogen) atoms. The Morgan fingerprint density at radius 3 is 0.633 bits per heavy atom. The first-order valence-electron chi connectivity index (χ1n) is 31.1. The molecule has 16 bridgehead atoms. The second-order valence-corrected chi connectivity index (χ2v) is 26.4. The maximum atomic E-state index is 14.0. The monoisotopic (exact) mass is 1450 g/mol. The Bertz CT molecular complexity index is 2760. The van der Waals surface area contributed by atoms with Crippen LogP contribution in [0.3, 0.4) is 0 Å². The molecule has 40 atom stereocenters. The van der Waals surface area contributed by atoms with Crippen LogP contribution in [0.15, 0.2) is 29.2 Å². The minimum atomic E-state index is -5.07. The van der Waals surface area contributed by atoms with Crippen LogP contribution < -0.4 is 0 Å². The van der Waals surface area contributed by atoms with Gasteiger partial charge in [0.2, 0.25) is 0 Å². The van der Waals surface area contributed by atoms with Crippen LogP contribution in [0, 0.1) is 6.92 Å². The molecule has 1 aromatic rings. The van der Waals surface area contributed by atoms with E-state index in [1.54, 1.807) is 6.92 Å². The molecule has 0 aromatic heterocycles. The van der Waals surface area contributed by atoms with Crippen LogP contribution in [-0.4, -0.2) is 424 Å². The molecule has 21 aliphatic heterocycles. The van der Waals surface area contributed by atoms with Gasteiger partial charge in [-0.2, -0.15) is 8.42 Å². The van der Waals surface area contributed by atoms with E-state index >= 15 is 0 Å². The molecule has 0 amide bonds. The predicted molar refractivity (Wildman–Crippen MR) is 298 cm³/mol. The first-order chi connectivity index (χ1) is 46.6. The molecule has 21 aliphatic rings. The molecule has 0 spiro atoms. The molecule has 21 saturated heterocycles. The second-order valence-electron chi connectivity index (χ2n) is 24.8. The second kappa shape index (κ2) is 32.9. The van der Waals surface area contributed by atoms with Gasteiger partial charge in [-0.05, 0) is 19.1 Å². The Morgan fingerprint density at radius 2 is 0.439 bits per heavy atom. The third-order valence-corrected chi connectivity index (χ3v) is 19.7. The third kappa shape index (κ3) is 15.6. The van der Waals surface area contributed by atoms with Crippen molar-refractivity contribution in [3.05, 3.63) is 29.8 Å². The summed E-state index contributed by atoms with van der Waals surface area (Å²) in [5.41, 5.74) is 0.580. The van der Waals surface area contributed by atoms with Crippen LogP contribution in [0.2, 0.25) is 0 Å². The summed E-state index contributed by atoms with van der Waals surface area (Å²) in [6, 6.07) is 4.96. The van der Waals surface area contributed by atoms with Crippen molar-refractivity contribution in [2.45, 2.75) is 257 Å². The molecule has 22 rings (SSSR count). The normalized spacial score (nSPS) is 51.1. The van der Waals surface area contributed by atoms with Crippen molar-refractivity contribution in [3.8, 4) is 0 Å². The summed E-state index contributed by atoms with van der Waals surface area (Å²) in [6.45, 7) is -7.46. The van der Waals surface area contributed by atoms with Crippen molar-refractivity contribution >= 4 is 10.1 Å². The van der Waals surface area contributed by atoms with Gasteiger partial charge in [-0.25, -0.2) is 0 Å². The molecular weight excluding hydrogens is 1360 g/mol. The lowest BCUT2D eigenvalue weighted by Gasteiger charge is -2.50. The number of aryl methyl sites for hydroxylation is 1. The fourth-order valence-electron chi connectivity index (χ4n) is 12.9. The van der Waals surface area contributed by atoms with E-state index in [-0.39, 0.29) is 0 Å². The molecule has 21 fully saturated rings. The molecule has 0 radical (unpaired) electrons. The zero-order chi connectivity index (χ0) is 71.3. The zero-order valence-electron chi connectivity index (χ0n) is 51.5. The van der Waals surface area contributed by atoms with Crippen molar-refractivity contribution in [3.63, 3.8) is 0 Å². The van der Waals surface area contributed by atoms with E-state index < -0.39 is 314 Å². The maximum Gasteiger partial charge on any atom is 0.297 e. The fraction of sp³-hybridized carbons (Fsp3) is 0.891. The summed E-state index contributed by atoms with van der Waals surface area (Å²) >= 11 is 0. The van der Waals surface area contributed by atoms with Gasteiger partial charge in [0, 0.05) is 0 Å². The topological polar surface area (TPSA) is 656 Å². The summed E-state index contributed by atoms with van der Waals surface area (Å²) in [7, 11) is -5.07. The minimum absolute atomic E-state index is 0.529. The standard InChI is InChI=1S/C55H86O42S/c1-14-2-4-15(5-3-14)98(79,80)97-47-38(78)46-23(13-63)88-55(47)96-45-22(12-62)87-53(37(77)30(45)70)94-43-20(10-60)85-51(35(75)28(43)68)92-41-18(8-58)83-49(33(73)26(41)66)90-39-16(6-56)81-48(31(71)24(39)64)89-40-17(7-57)82-50(32(72)25(40)65)91-42-19(9-59)84-52(34(74)27(42)67)93-44-21(11-61)86-54(95-46)36(76)29(44)69/h2-5,16-78H,6-13H2,1H3/t16-,17-,18-,19-,20-,21-,22-,23-,24-,25-,26-,27-,28-,29-,30-,31-,32-,33-,34-,35-,36-,37-,38+,39-,40-,41-,42-,43-,44-,45-,46-,47-,48?,49-,50-,51-,52-,53?,54-,55-/m1/s1. The molecule has 564 valence electrons. The van der Waals surface area contributed by atoms with Crippen LogP contribution in [0.4, 0.5) is 0 Å². The van der Waals surface area contributed by atoms with Crippen molar-refractivity contribution in [1.82, 2.24) is 0 Å². The lowest BCUT2D eigenvalue weighted by Crippen LogP contribution is -2.69. The predicted octanol–water partition coefficient (Wildman–Crippen LogP) is -15.7. The smallest absolute Gasteiger partial charge is 0.297 e. The number of aliphatic hydroxyl groups excluding tert-OH is 23. The maximum absolute atomic E-state index is 14.0. The SMILES string of the molecule is Cc1ccc(S(=O)(=O)O[C@H]2[C@H]3O[C@H]4[C@H](O)[C@@H](O)C(O[C@H]5[C@H](O)[C@@H](O)[C@@H](O[C@H]6[C@H](O)[C@@H](O)[C@@H](O[C@H]7[C@H](O)[C@@H](O)C(O[C@H]8[C@H](O)[C@@H](O)[C@@H](O[C@H]9[C@H](O)[C@@H](O)[C@@H](O[C@H]%10[C@H](O)[C@@H](O)[C@@H](O[C@@H]([C@@H]2O)[C@@H](CO)O3)O[C@@H]%10CO)O[C@@H]9CO)O[C@@H]8CO)O[C@@H]7CO)O[C@@H]6CO)O[C@@H]5CO)O[C@@H]4CO)cc1. The van der Waals surface area contributed by atoms with E-state index in [9.17, 15) is 126 Å². The summed E-state index contributed by atoms with van der Waals surface area (Å²) in [5.74, 6) is 0. The van der Waals surface area contributed by atoms with Gasteiger partial charge < -0.3 is 193 Å². The van der Waals surface area contributed by atoms with Gasteiger partial charge in [0.1, 0.15) is 189 Å². The van der Waals surface area contributed by atoms with Crippen molar-refractivity contribution in [2.24, 2.45) is 0 Å². The van der Waals surface area contributed by atoms with Crippen LogP contribution in [-0.2, 0) is 90.1 Å². The van der Waals surface area contributed by atoms with Crippen LogP contribution in [0.1, 0.15) is 5.56 Å². The van der Waals surface area contributed by atoms with E-state index in [4.69, 9.17) is 80.0 Å². The summed E-state index contributed by atoms with van der Waals surface area (Å²) in [6.07, 6.45) is -85.2. The minimum Gasteiger partial charge on any atom is -0.394 e. The first-order valence-corrected chi connectivity index (χ1v) is 32.5.